The molecule has 0 amide bonds. The molecule has 0 bridgehead atoms. The van der Waals surface area contributed by atoms with Crippen molar-refractivity contribution < 1.29 is 13.2 Å². The Kier molecular flexibility index (Phi) is 3.15. The van der Waals surface area contributed by atoms with Gasteiger partial charge in [0.1, 0.15) is 0 Å². The molecular formula is C12H9ClF3N. The molecule has 0 spiro atoms. The molecule has 0 aromatic heterocycles. The molecule has 1 aliphatic rings. The van der Waals surface area contributed by atoms with E-state index in [1.165, 1.54) is 6.20 Å². The number of rotatable bonds is 1. The van der Waals surface area contributed by atoms with Gasteiger partial charge < -0.3 is 4.90 Å². The summed E-state index contributed by atoms with van der Waals surface area (Å²) in [6.07, 6.45) is -0.624. The Hall–Kier alpha value is -1.42. The van der Waals surface area contributed by atoms with Crippen LogP contribution in [0.15, 0.2) is 48.2 Å². The molecule has 0 atom stereocenters. The first-order chi connectivity index (χ1) is 7.97. The highest BCUT2D eigenvalue weighted by molar-refractivity contribution is 6.30. The Bertz CT molecular complexity index is 460. The maximum absolute atomic E-state index is 12.4. The molecule has 0 N–H and O–H groups in total. The highest BCUT2D eigenvalue weighted by Crippen LogP contribution is 2.29. The van der Waals surface area contributed by atoms with E-state index >= 15 is 0 Å². The van der Waals surface area contributed by atoms with E-state index in [2.05, 4.69) is 0 Å². The van der Waals surface area contributed by atoms with Crippen molar-refractivity contribution in [2.45, 2.75) is 6.18 Å². The fourth-order valence-electron chi connectivity index (χ4n) is 1.53. The first kappa shape index (κ1) is 12.0. The van der Waals surface area contributed by atoms with Crippen LogP contribution in [0, 0.1) is 0 Å². The van der Waals surface area contributed by atoms with Gasteiger partial charge >= 0.3 is 6.18 Å². The van der Waals surface area contributed by atoms with Crippen molar-refractivity contribution in [2.75, 3.05) is 11.4 Å². The SMILES string of the molecule is FC(F)(F)C1=CCN(c2ccc(Cl)cc2)C=C1. The quantitative estimate of drug-likeness (QED) is 0.732. The largest absolute Gasteiger partial charge is 0.416 e. The summed E-state index contributed by atoms with van der Waals surface area (Å²) >= 11 is 5.74. The number of allylic oxidation sites excluding steroid dienone is 2. The van der Waals surface area contributed by atoms with E-state index in [4.69, 9.17) is 11.6 Å². The zero-order valence-electron chi connectivity index (χ0n) is 8.71. The topological polar surface area (TPSA) is 3.24 Å². The Labute approximate surface area is 102 Å². The summed E-state index contributed by atoms with van der Waals surface area (Å²) in [7, 11) is 0. The molecular weight excluding hydrogens is 251 g/mol. The minimum atomic E-state index is -4.28. The number of anilines is 1. The summed E-state index contributed by atoms with van der Waals surface area (Å²) in [5.74, 6) is 0. The number of alkyl halides is 3. The van der Waals surface area contributed by atoms with Crippen LogP contribution in [-0.4, -0.2) is 12.7 Å². The van der Waals surface area contributed by atoms with E-state index in [0.29, 0.717) is 5.02 Å². The monoisotopic (exact) mass is 259 g/mol. The van der Waals surface area contributed by atoms with Crippen molar-refractivity contribution in [1.29, 1.82) is 0 Å². The standard InChI is InChI=1S/C12H9ClF3N/c13-10-1-3-11(4-2-10)17-7-5-9(6-8-17)12(14,15)16/h1-7H,8H2. The van der Waals surface area contributed by atoms with E-state index in [-0.39, 0.29) is 6.54 Å². The lowest BCUT2D eigenvalue weighted by molar-refractivity contribution is -0.0885. The first-order valence-corrected chi connectivity index (χ1v) is 5.32. The highest BCUT2D eigenvalue weighted by atomic mass is 35.5. The molecule has 1 heterocycles. The molecule has 2 rings (SSSR count). The molecule has 0 saturated heterocycles. The number of benzene rings is 1. The highest BCUT2D eigenvalue weighted by Gasteiger charge is 2.32. The lowest BCUT2D eigenvalue weighted by Crippen LogP contribution is -2.22. The predicted octanol–water partition coefficient (Wildman–Crippen LogP) is 4.16. The average Bonchev–Trinajstić information content (AvgIpc) is 2.29. The zero-order chi connectivity index (χ0) is 12.5. The number of hydrogen-bond acceptors (Lipinski definition) is 1. The van der Waals surface area contributed by atoms with E-state index in [0.717, 1.165) is 17.8 Å². The second-order valence-corrected chi connectivity index (χ2v) is 4.04. The lowest BCUT2D eigenvalue weighted by atomic mass is 10.1. The molecule has 0 radical (unpaired) electrons. The van der Waals surface area contributed by atoms with E-state index in [1.807, 2.05) is 0 Å². The lowest BCUT2D eigenvalue weighted by Gasteiger charge is -2.23. The van der Waals surface area contributed by atoms with E-state index < -0.39 is 11.7 Å². The van der Waals surface area contributed by atoms with Crippen LogP contribution in [0.25, 0.3) is 0 Å². The smallest absolute Gasteiger partial charge is 0.344 e. The van der Waals surface area contributed by atoms with Crippen LogP contribution in [0.5, 0.6) is 0 Å². The van der Waals surface area contributed by atoms with Crippen molar-refractivity contribution >= 4 is 17.3 Å². The maximum atomic E-state index is 12.4. The van der Waals surface area contributed by atoms with Gasteiger partial charge in [-0.3, -0.25) is 0 Å². The second kappa shape index (κ2) is 4.45. The van der Waals surface area contributed by atoms with Crippen LogP contribution < -0.4 is 4.90 Å². The van der Waals surface area contributed by atoms with Crippen molar-refractivity contribution in [2.24, 2.45) is 0 Å². The summed E-state index contributed by atoms with van der Waals surface area (Å²) in [5, 5.41) is 0.598. The Balaban J connectivity index is 2.13. The summed E-state index contributed by atoms with van der Waals surface area (Å²) in [4.78, 5) is 1.71. The van der Waals surface area contributed by atoms with Crippen LogP contribution in [-0.2, 0) is 0 Å². The molecule has 0 saturated carbocycles. The Morgan fingerprint density at radius 2 is 1.76 bits per heavy atom. The summed E-state index contributed by atoms with van der Waals surface area (Å²) in [6, 6.07) is 6.93. The van der Waals surface area contributed by atoms with Gasteiger partial charge in [0, 0.05) is 23.5 Å². The van der Waals surface area contributed by atoms with E-state index in [1.54, 1.807) is 29.2 Å². The number of hydrogen-bond donors (Lipinski definition) is 0. The van der Waals surface area contributed by atoms with Gasteiger partial charge in [-0.2, -0.15) is 13.2 Å². The maximum Gasteiger partial charge on any atom is 0.416 e. The molecule has 0 aliphatic carbocycles. The van der Waals surface area contributed by atoms with Crippen LogP contribution in [0.1, 0.15) is 0 Å². The van der Waals surface area contributed by atoms with Gasteiger partial charge in [0.05, 0.1) is 5.57 Å². The summed E-state index contributed by atoms with van der Waals surface area (Å²) in [6.45, 7) is 0.201. The van der Waals surface area contributed by atoms with Gasteiger partial charge in [-0.25, -0.2) is 0 Å². The minimum absolute atomic E-state index is 0.201. The first-order valence-electron chi connectivity index (χ1n) is 4.94. The molecule has 1 aliphatic heterocycles. The third-order valence-electron chi connectivity index (χ3n) is 2.43. The molecule has 1 nitrogen and oxygen atoms in total. The van der Waals surface area contributed by atoms with Gasteiger partial charge in [-0.05, 0) is 30.3 Å². The molecule has 1 aromatic rings. The number of nitrogens with zero attached hydrogens (tertiary/aromatic N) is 1. The van der Waals surface area contributed by atoms with Crippen molar-refractivity contribution in [1.82, 2.24) is 0 Å². The third-order valence-corrected chi connectivity index (χ3v) is 2.68. The third kappa shape index (κ3) is 2.82. The van der Waals surface area contributed by atoms with Gasteiger partial charge in [0.25, 0.3) is 0 Å². The van der Waals surface area contributed by atoms with Crippen molar-refractivity contribution in [3.8, 4) is 0 Å². The summed E-state index contributed by atoms with van der Waals surface area (Å²) in [5.41, 5.74) is 0.200. The molecule has 90 valence electrons. The fraction of sp³-hybridized carbons (Fsp3) is 0.167. The van der Waals surface area contributed by atoms with Gasteiger partial charge in [-0.15, -0.1) is 0 Å². The van der Waals surface area contributed by atoms with Crippen LogP contribution in [0.4, 0.5) is 18.9 Å². The Morgan fingerprint density at radius 3 is 2.24 bits per heavy atom. The van der Waals surface area contributed by atoms with Gasteiger partial charge in [0.15, 0.2) is 0 Å². The van der Waals surface area contributed by atoms with Crippen molar-refractivity contribution in [3.05, 3.63) is 53.2 Å². The normalized spacial score (nSPS) is 16.0. The molecule has 17 heavy (non-hydrogen) atoms. The molecule has 5 heteroatoms. The van der Waals surface area contributed by atoms with Crippen LogP contribution >= 0.6 is 11.6 Å². The predicted molar refractivity (Wildman–Crippen MR) is 62.1 cm³/mol. The molecule has 0 unspecified atom stereocenters. The van der Waals surface area contributed by atoms with Crippen molar-refractivity contribution in [3.63, 3.8) is 0 Å². The minimum Gasteiger partial charge on any atom is -0.344 e. The summed E-state index contributed by atoms with van der Waals surface area (Å²) < 4.78 is 37.1. The van der Waals surface area contributed by atoms with Crippen LogP contribution in [0.2, 0.25) is 5.02 Å². The molecule has 0 fully saturated rings. The van der Waals surface area contributed by atoms with Gasteiger partial charge in [0.2, 0.25) is 0 Å². The van der Waals surface area contributed by atoms with E-state index in [9.17, 15) is 13.2 Å². The van der Waals surface area contributed by atoms with Gasteiger partial charge in [-0.1, -0.05) is 17.7 Å². The zero-order valence-corrected chi connectivity index (χ0v) is 9.46. The fourth-order valence-corrected chi connectivity index (χ4v) is 1.66. The average molecular weight is 260 g/mol. The molecule has 1 aromatic carbocycles. The number of halogens is 4. The second-order valence-electron chi connectivity index (χ2n) is 3.60. The van der Waals surface area contributed by atoms with Crippen LogP contribution in [0.3, 0.4) is 0 Å². The Morgan fingerprint density at radius 1 is 1.12 bits per heavy atom.